The minimum absolute atomic E-state index is 0.0431. The summed E-state index contributed by atoms with van der Waals surface area (Å²) in [7, 11) is -2.26. The molecule has 2 unspecified atom stereocenters. The van der Waals surface area contributed by atoms with Crippen LogP contribution in [0.1, 0.15) is 35.1 Å². The molecular weight excluding hydrogens is 296 g/mol. The van der Waals surface area contributed by atoms with Gasteiger partial charge in [-0.2, -0.15) is 4.31 Å². The van der Waals surface area contributed by atoms with Gasteiger partial charge in [0.2, 0.25) is 10.0 Å². The number of nitrogens with one attached hydrogen (secondary N) is 1. The van der Waals surface area contributed by atoms with Crippen molar-refractivity contribution < 1.29 is 23.1 Å². The lowest BCUT2D eigenvalue weighted by Gasteiger charge is -2.26. The molecule has 1 aromatic rings. The zero-order valence-corrected chi connectivity index (χ0v) is 13.3. The first-order chi connectivity index (χ1) is 9.67. The average Bonchev–Trinajstić information content (AvgIpc) is 2.92. The van der Waals surface area contributed by atoms with Crippen LogP contribution in [0.25, 0.3) is 0 Å². The number of likely N-dealkylation sites (N-methyl/N-ethyl adjacent to an activating group) is 1. The van der Waals surface area contributed by atoms with E-state index in [-0.39, 0.29) is 28.3 Å². The van der Waals surface area contributed by atoms with Crippen LogP contribution in [0.4, 0.5) is 0 Å². The number of rotatable bonds is 4. The molecule has 0 amide bonds. The highest BCUT2D eigenvalue weighted by atomic mass is 32.2. The molecule has 0 aliphatic carbocycles. The number of aromatic nitrogens is 1. The molecule has 1 aromatic heterocycles. The number of hydrogen-bond acceptors (Lipinski definition) is 4. The Hall–Kier alpha value is -1.38. The summed E-state index contributed by atoms with van der Waals surface area (Å²) < 4.78 is 32.3. The second kappa shape index (κ2) is 5.43. The van der Waals surface area contributed by atoms with E-state index in [0.29, 0.717) is 18.7 Å². The first-order valence-corrected chi connectivity index (χ1v) is 8.14. The number of nitrogens with zero attached hydrogens (tertiary/aromatic N) is 1. The molecule has 0 spiro atoms. The SMILES string of the molecule is Cc1[nH]c(C(=O)O)c(C)c1S(=O)(=O)N(C)C1CCOC1C. The standard InChI is InChI=1S/C13H20N2O5S/c1-7-11(13(16)17)14-8(2)12(7)21(18,19)15(4)10-5-6-20-9(10)3/h9-10,14H,5-6H2,1-4H3,(H,16,17). The van der Waals surface area contributed by atoms with E-state index in [4.69, 9.17) is 9.84 Å². The third kappa shape index (κ3) is 2.58. The van der Waals surface area contributed by atoms with Gasteiger partial charge in [-0.05, 0) is 27.2 Å². The lowest BCUT2D eigenvalue weighted by molar-refractivity contribution is 0.0690. The number of aryl methyl sites for hydroxylation is 1. The zero-order valence-electron chi connectivity index (χ0n) is 12.5. The fourth-order valence-electron chi connectivity index (χ4n) is 2.85. The van der Waals surface area contributed by atoms with Gasteiger partial charge in [-0.1, -0.05) is 0 Å². The summed E-state index contributed by atoms with van der Waals surface area (Å²) in [5.74, 6) is -1.17. The van der Waals surface area contributed by atoms with E-state index in [0.717, 1.165) is 0 Å². The third-order valence-corrected chi connectivity index (χ3v) is 6.18. The number of hydrogen-bond donors (Lipinski definition) is 2. The van der Waals surface area contributed by atoms with E-state index in [9.17, 15) is 13.2 Å². The third-order valence-electron chi connectivity index (χ3n) is 4.02. The zero-order chi connectivity index (χ0) is 15.9. The largest absolute Gasteiger partial charge is 0.477 e. The Kier molecular flexibility index (Phi) is 4.14. The minimum atomic E-state index is -3.77. The lowest BCUT2D eigenvalue weighted by Crippen LogP contribution is -2.41. The summed E-state index contributed by atoms with van der Waals surface area (Å²) in [6.07, 6.45) is 0.453. The van der Waals surface area contributed by atoms with Gasteiger partial charge in [-0.25, -0.2) is 13.2 Å². The Morgan fingerprint density at radius 3 is 2.48 bits per heavy atom. The van der Waals surface area contributed by atoms with Gasteiger partial charge < -0.3 is 14.8 Å². The molecule has 1 saturated heterocycles. The number of ether oxygens (including phenoxy) is 1. The van der Waals surface area contributed by atoms with Gasteiger partial charge in [-0.3, -0.25) is 0 Å². The van der Waals surface area contributed by atoms with Crippen molar-refractivity contribution in [2.45, 2.75) is 44.2 Å². The van der Waals surface area contributed by atoms with Crippen LogP contribution in [-0.2, 0) is 14.8 Å². The van der Waals surface area contributed by atoms with Gasteiger partial charge in [0.05, 0.1) is 12.1 Å². The Labute approximate surface area is 124 Å². The normalized spacial score (nSPS) is 22.9. The number of carbonyl (C=O) groups is 1. The van der Waals surface area contributed by atoms with E-state index in [2.05, 4.69) is 4.98 Å². The Balaban J connectivity index is 2.47. The molecule has 0 bridgehead atoms. The van der Waals surface area contributed by atoms with Gasteiger partial charge in [-0.15, -0.1) is 0 Å². The molecule has 2 atom stereocenters. The summed E-state index contributed by atoms with van der Waals surface area (Å²) in [4.78, 5) is 13.8. The van der Waals surface area contributed by atoms with Crippen molar-refractivity contribution in [2.75, 3.05) is 13.7 Å². The number of sulfonamides is 1. The van der Waals surface area contributed by atoms with Crippen LogP contribution in [0.5, 0.6) is 0 Å². The number of H-pyrrole nitrogens is 1. The van der Waals surface area contributed by atoms with E-state index in [1.807, 2.05) is 6.92 Å². The maximum Gasteiger partial charge on any atom is 0.352 e. The molecule has 0 saturated carbocycles. The van der Waals surface area contributed by atoms with Crippen LogP contribution in [0.3, 0.4) is 0 Å². The van der Waals surface area contributed by atoms with Crippen molar-refractivity contribution >= 4 is 16.0 Å². The summed E-state index contributed by atoms with van der Waals surface area (Å²) in [6.45, 7) is 5.43. The number of aromatic amines is 1. The fraction of sp³-hybridized carbons (Fsp3) is 0.615. The van der Waals surface area contributed by atoms with Gasteiger partial charge in [0.25, 0.3) is 0 Å². The molecule has 2 N–H and O–H groups in total. The quantitative estimate of drug-likeness (QED) is 0.867. The molecular formula is C13H20N2O5S. The molecule has 0 aromatic carbocycles. The Morgan fingerprint density at radius 2 is 2.05 bits per heavy atom. The van der Waals surface area contributed by atoms with Crippen LogP contribution in [-0.4, -0.2) is 54.6 Å². The summed E-state index contributed by atoms with van der Waals surface area (Å²) in [6, 6.07) is -0.239. The minimum Gasteiger partial charge on any atom is -0.477 e. The van der Waals surface area contributed by atoms with Crippen LogP contribution in [0, 0.1) is 13.8 Å². The van der Waals surface area contributed by atoms with Gasteiger partial charge in [0.15, 0.2) is 0 Å². The summed E-state index contributed by atoms with van der Waals surface area (Å²) in [5, 5.41) is 9.10. The molecule has 21 heavy (non-hydrogen) atoms. The van der Waals surface area contributed by atoms with Crippen molar-refractivity contribution in [2.24, 2.45) is 0 Å². The Morgan fingerprint density at radius 1 is 1.43 bits per heavy atom. The summed E-state index contributed by atoms with van der Waals surface area (Å²) >= 11 is 0. The van der Waals surface area contributed by atoms with Crippen molar-refractivity contribution in [1.29, 1.82) is 0 Å². The van der Waals surface area contributed by atoms with Gasteiger partial charge in [0.1, 0.15) is 10.6 Å². The average molecular weight is 316 g/mol. The topological polar surface area (TPSA) is 99.7 Å². The van der Waals surface area contributed by atoms with Gasteiger partial charge in [0, 0.05) is 24.9 Å². The van der Waals surface area contributed by atoms with E-state index < -0.39 is 16.0 Å². The molecule has 1 aliphatic heterocycles. The monoisotopic (exact) mass is 316 g/mol. The van der Waals surface area contributed by atoms with Crippen LogP contribution >= 0.6 is 0 Å². The van der Waals surface area contributed by atoms with Crippen LogP contribution in [0.15, 0.2) is 4.90 Å². The van der Waals surface area contributed by atoms with Gasteiger partial charge >= 0.3 is 5.97 Å². The molecule has 2 heterocycles. The summed E-state index contributed by atoms with van der Waals surface area (Å²) in [5.41, 5.74) is 0.483. The van der Waals surface area contributed by atoms with Crippen molar-refractivity contribution in [3.8, 4) is 0 Å². The van der Waals surface area contributed by atoms with E-state index in [1.165, 1.54) is 18.3 Å². The highest BCUT2D eigenvalue weighted by molar-refractivity contribution is 7.89. The van der Waals surface area contributed by atoms with Crippen molar-refractivity contribution in [3.63, 3.8) is 0 Å². The van der Waals surface area contributed by atoms with Crippen molar-refractivity contribution in [3.05, 3.63) is 17.0 Å². The predicted molar refractivity (Wildman–Crippen MR) is 76.0 cm³/mol. The second-order valence-corrected chi connectivity index (χ2v) is 7.27. The first kappa shape index (κ1) is 16.0. The highest BCUT2D eigenvalue weighted by Gasteiger charge is 2.38. The van der Waals surface area contributed by atoms with Crippen LogP contribution in [0.2, 0.25) is 0 Å². The molecule has 8 heteroatoms. The van der Waals surface area contributed by atoms with E-state index >= 15 is 0 Å². The molecule has 2 rings (SSSR count). The maximum atomic E-state index is 12.8. The molecule has 118 valence electrons. The predicted octanol–water partition coefficient (Wildman–Crippen LogP) is 1.13. The number of carboxylic acid groups (broad SMARTS) is 1. The Bertz CT molecular complexity index is 664. The smallest absolute Gasteiger partial charge is 0.352 e. The van der Waals surface area contributed by atoms with E-state index in [1.54, 1.807) is 6.92 Å². The molecule has 1 aliphatic rings. The maximum absolute atomic E-state index is 12.8. The lowest BCUT2D eigenvalue weighted by atomic mass is 10.2. The second-order valence-electron chi connectivity index (χ2n) is 5.34. The molecule has 1 fully saturated rings. The van der Waals surface area contributed by atoms with Crippen molar-refractivity contribution in [1.82, 2.24) is 9.29 Å². The molecule has 7 nitrogen and oxygen atoms in total. The number of aromatic carboxylic acids is 1. The fourth-order valence-corrected chi connectivity index (χ4v) is 4.70. The van der Waals surface area contributed by atoms with Crippen LogP contribution < -0.4 is 0 Å². The first-order valence-electron chi connectivity index (χ1n) is 6.70. The number of carboxylic acids is 1. The molecule has 0 radical (unpaired) electrons. The highest BCUT2D eigenvalue weighted by Crippen LogP contribution is 2.29.